The highest BCUT2D eigenvalue weighted by molar-refractivity contribution is 6.36. The van der Waals surface area contributed by atoms with E-state index in [1.165, 1.54) is 12.1 Å². The van der Waals surface area contributed by atoms with Crippen molar-refractivity contribution in [3.63, 3.8) is 0 Å². The fourth-order valence-corrected chi connectivity index (χ4v) is 2.50. The molecule has 1 nitrogen and oxygen atoms in total. The van der Waals surface area contributed by atoms with Crippen LogP contribution in [0.25, 0.3) is 0 Å². The summed E-state index contributed by atoms with van der Waals surface area (Å²) in [7, 11) is 0. The monoisotopic (exact) mass is 353 g/mol. The Bertz CT molecular complexity index is 636. The van der Waals surface area contributed by atoms with Gasteiger partial charge in [0, 0.05) is 27.8 Å². The molecule has 0 bridgehead atoms. The van der Waals surface area contributed by atoms with Crippen molar-refractivity contribution < 1.29 is 13.2 Å². The van der Waals surface area contributed by atoms with E-state index in [1.54, 1.807) is 18.2 Å². The Kier molecular flexibility index (Phi) is 4.91. The van der Waals surface area contributed by atoms with Crippen molar-refractivity contribution in [3.8, 4) is 0 Å². The molecule has 2 aromatic carbocycles. The lowest BCUT2D eigenvalue weighted by molar-refractivity contribution is -0.137. The Hall–Kier alpha value is -1.10. The van der Waals surface area contributed by atoms with Crippen molar-refractivity contribution in [1.82, 2.24) is 0 Å². The SMILES string of the molecule is FC(F)(F)c1cc(NCc2c(Cl)cccc2Cl)ccc1Cl. The molecule has 0 unspecified atom stereocenters. The predicted molar refractivity (Wildman–Crippen MR) is 80.2 cm³/mol. The van der Waals surface area contributed by atoms with Crippen molar-refractivity contribution in [3.05, 3.63) is 62.6 Å². The summed E-state index contributed by atoms with van der Waals surface area (Å²) in [5.41, 5.74) is 0.00600. The Morgan fingerprint density at radius 3 is 2.10 bits per heavy atom. The highest BCUT2D eigenvalue weighted by Gasteiger charge is 2.33. The second-order valence-electron chi connectivity index (χ2n) is 4.25. The standard InChI is InChI=1S/C14H9Cl3F3N/c15-11-2-1-3-12(16)9(11)7-21-8-4-5-13(17)10(6-8)14(18,19)20/h1-6,21H,7H2. The molecule has 0 radical (unpaired) electrons. The van der Waals surface area contributed by atoms with Crippen LogP contribution < -0.4 is 5.32 Å². The van der Waals surface area contributed by atoms with Gasteiger partial charge in [-0.25, -0.2) is 0 Å². The minimum atomic E-state index is -4.50. The Labute approximate surface area is 134 Å². The molecule has 0 spiro atoms. The van der Waals surface area contributed by atoms with Gasteiger partial charge in [0.15, 0.2) is 0 Å². The maximum Gasteiger partial charge on any atom is 0.417 e. The summed E-state index contributed by atoms with van der Waals surface area (Å²) in [5.74, 6) is 0. The van der Waals surface area contributed by atoms with Crippen LogP contribution in [0.3, 0.4) is 0 Å². The van der Waals surface area contributed by atoms with Crippen LogP contribution in [0.4, 0.5) is 18.9 Å². The normalized spacial score (nSPS) is 11.5. The molecule has 0 aromatic heterocycles. The molecule has 0 heterocycles. The molecule has 0 saturated heterocycles. The molecule has 0 aliphatic heterocycles. The zero-order valence-electron chi connectivity index (χ0n) is 10.4. The minimum absolute atomic E-state index is 0.206. The Balaban J connectivity index is 2.22. The third-order valence-corrected chi connectivity index (χ3v) is 3.84. The number of rotatable bonds is 3. The van der Waals surface area contributed by atoms with Gasteiger partial charge in [0.1, 0.15) is 0 Å². The molecule has 1 N–H and O–H groups in total. The van der Waals surface area contributed by atoms with Gasteiger partial charge in [-0.05, 0) is 30.3 Å². The second-order valence-corrected chi connectivity index (χ2v) is 5.47. The average molecular weight is 355 g/mol. The van der Waals surface area contributed by atoms with Crippen LogP contribution in [-0.4, -0.2) is 0 Å². The Morgan fingerprint density at radius 2 is 1.52 bits per heavy atom. The molecule has 0 fully saturated rings. The average Bonchev–Trinajstić information content (AvgIpc) is 2.38. The zero-order valence-corrected chi connectivity index (χ0v) is 12.7. The van der Waals surface area contributed by atoms with E-state index in [9.17, 15) is 13.2 Å². The number of alkyl halides is 3. The first-order valence-electron chi connectivity index (χ1n) is 5.82. The van der Waals surface area contributed by atoms with E-state index in [0.29, 0.717) is 15.6 Å². The van der Waals surface area contributed by atoms with Gasteiger partial charge in [-0.15, -0.1) is 0 Å². The van der Waals surface area contributed by atoms with E-state index in [2.05, 4.69) is 5.32 Å². The first kappa shape index (κ1) is 16.3. The molecular weight excluding hydrogens is 346 g/mol. The lowest BCUT2D eigenvalue weighted by Gasteiger charge is -2.13. The third-order valence-electron chi connectivity index (χ3n) is 2.80. The molecule has 0 saturated carbocycles. The molecular formula is C14H9Cl3F3N. The van der Waals surface area contributed by atoms with Crippen LogP contribution in [0.1, 0.15) is 11.1 Å². The van der Waals surface area contributed by atoms with Crippen LogP contribution in [0.15, 0.2) is 36.4 Å². The van der Waals surface area contributed by atoms with Crippen LogP contribution in [-0.2, 0) is 12.7 Å². The van der Waals surface area contributed by atoms with Crippen LogP contribution in [0.5, 0.6) is 0 Å². The summed E-state index contributed by atoms with van der Waals surface area (Å²) in [5, 5.41) is 3.40. The summed E-state index contributed by atoms with van der Waals surface area (Å²) in [6.45, 7) is 0.206. The summed E-state index contributed by atoms with van der Waals surface area (Å²) in [4.78, 5) is 0. The van der Waals surface area contributed by atoms with Crippen molar-refractivity contribution in [1.29, 1.82) is 0 Å². The molecule has 0 aliphatic rings. The highest BCUT2D eigenvalue weighted by Crippen LogP contribution is 2.36. The minimum Gasteiger partial charge on any atom is -0.381 e. The van der Waals surface area contributed by atoms with Gasteiger partial charge in [0.2, 0.25) is 0 Å². The second kappa shape index (κ2) is 6.34. The van der Waals surface area contributed by atoms with Gasteiger partial charge in [0.25, 0.3) is 0 Å². The number of nitrogens with one attached hydrogen (secondary N) is 1. The molecule has 0 amide bonds. The number of anilines is 1. The molecule has 2 rings (SSSR count). The predicted octanol–water partition coefficient (Wildman–Crippen LogP) is 6.28. The van der Waals surface area contributed by atoms with Gasteiger partial charge < -0.3 is 5.32 Å². The van der Waals surface area contributed by atoms with E-state index >= 15 is 0 Å². The van der Waals surface area contributed by atoms with E-state index in [4.69, 9.17) is 34.8 Å². The number of benzene rings is 2. The van der Waals surface area contributed by atoms with Crippen molar-refractivity contribution in [2.24, 2.45) is 0 Å². The fraction of sp³-hybridized carbons (Fsp3) is 0.143. The zero-order chi connectivity index (χ0) is 15.6. The summed E-state index contributed by atoms with van der Waals surface area (Å²) in [6, 6.07) is 8.62. The van der Waals surface area contributed by atoms with Gasteiger partial charge in [0.05, 0.1) is 10.6 Å². The summed E-state index contributed by atoms with van der Waals surface area (Å²) >= 11 is 17.6. The molecule has 21 heavy (non-hydrogen) atoms. The van der Waals surface area contributed by atoms with Crippen molar-refractivity contribution in [2.75, 3.05) is 5.32 Å². The number of hydrogen-bond acceptors (Lipinski definition) is 1. The quantitative estimate of drug-likeness (QED) is 0.684. The van der Waals surface area contributed by atoms with E-state index < -0.39 is 11.7 Å². The maximum atomic E-state index is 12.8. The first-order valence-corrected chi connectivity index (χ1v) is 6.96. The number of halogens is 6. The molecule has 0 aliphatic carbocycles. The molecule has 2 aromatic rings. The topological polar surface area (TPSA) is 12.0 Å². The summed E-state index contributed by atoms with van der Waals surface area (Å²) < 4.78 is 38.3. The highest BCUT2D eigenvalue weighted by atomic mass is 35.5. The van der Waals surface area contributed by atoms with E-state index in [1.807, 2.05) is 0 Å². The number of hydrogen-bond donors (Lipinski definition) is 1. The van der Waals surface area contributed by atoms with Gasteiger partial charge in [-0.1, -0.05) is 40.9 Å². The van der Waals surface area contributed by atoms with E-state index in [-0.39, 0.29) is 17.3 Å². The van der Waals surface area contributed by atoms with Gasteiger partial charge in [-0.2, -0.15) is 13.2 Å². The fourth-order valence-electron chi connectivity index (χ4n) is 1.74. The largest absolute Gasteiger partial charge is 0.417 e. The molecule has 0 atom stereocenters. The van der Waals surface area contributed by atoms with Crippen LogP contribution in [0, 0.1) is 0 Å². The first-order chi connectivity index (χ1) is 9.79. The van der Waals surface area contributed by atoms with Crippen molar-refractivity contribution >= 4 is 40.5 Å². The molecule has 112 valence electrons. The summed E-state index contributed by atoms with van der Waals surface area (Å²) in [6.07, 6.45) is -4.50. The van der Waals surface area contributed by atoms with Crippen molar-refractivity contribution in [2.45, 2.75) is 12.7 Å². The molecule has 7 heteroatoms. The van der Waals surface area contributed by atoms with Crippen LogP contribution in [0.2, 0.25) is 15.1 Å². The Morgan fingerprint density at radius 1 is 0.905 bits per heavy atom. The third kappa shape index (κ3) is 3.96. The smallest absolute Gasteiger partial charge is 0.381 e. The van der Waals surface area contributed by atoms with Gasteiger partial charge >= 0.3 is 6.18 Å². The van der Waals surface area contributed by atoms with Gasteiger partial charge in [-0.3, -0.25) is 0 Å². The van der Waals surface area contributed by atoms with E-state index in [0.717, 1.165) is 6.07 Å². The lowest BCUT2D eigenvalue weighted by Crippen LogP contribution is -2.08. The lowest BCUT2D eigenvalue weighted by atomic mass is 10.1. The van der Waals surface area contributed by atoms with Crippen LogP contribution >= 0.6 is 34.8 Å². The maximum absolute atomic E-state index is 12.8.